The molecule has 3 heterocycles. The molecule has 0 radical (unpaired) electrons. The van der Waals surface area contributed by atoms with Crippen molar-refractivity contribution in [3.63, 3.8) is 0 Å². The average molecular weight is 496 g/mol. The van der Waals surface area contributed by atoms with Crippen molar-refractivity contribution in [3.05, 3.63) is 74.7 Å². The number of aromatic nitrogens is 2. The first-order valence-electron chi connectivity index (χ1n) is 10.7. The topological polar surface area (TPSA) is 111 Å². The first-order valence-corrected chi connectivity index (χ1v) is 11.5. The Morgan fingerprint density at radius 1 is 1.14 bits per heavy atom. The minimum Gasteiger partial charge on any atom is -0.503 e. The fourth-order valence-corrected chi connectivity index (χ4v) is 5.08. The molecule has 1 amide bonds. The highest BCUT2D eigenvalue weighted by atomic mass is 32.1. The summed E-state index contributed by atoms with van der Waals surface area (Å²) in [5.41, 5.74) is 1.77. The molecule has 3 aromatic rings. The van der Waals surface area contributed by atoms with Crippen molar-refractivity contribution < 1.29 is 28.9 Å². The number of aryl methyl sites for hydroxylation is 2. The van der Waals surface area contributed by atoms with Gasteiger partial charge in [-0.2, -0.15) is 0 Å². The van der Waals surface area contributed by atoms with Crippen LogP contribution >= 0.6 is 11.3 Å². The lowest BCUT2D eigenvalue weighted by molar-refractivity contribution is -0.130. The average Bonchev–Trinajstić information content (AvgIpc) is 3.33. The number of pyridine rings is 1. The third-order valence-electron chi connectivity index (χ3n) is 5.74. The zero-order valence-corrected chi connectivity index (χ0v) is 20.8. The van der Waals surface area contributed by atoms with E-state index in [1.54, 1.807) is 44.4 Å². The predicted octanol–water partition coefficient (Wildman–Crippen LogP) is 3.96. The quantitative estimate of drug-likeness (QED) is 0.468. The van der Waals surface area contributed by atoms with E-state index in [-0.39, 0.29) is 12.1 Å². The highest BCUT2D eigenvalue weighted by Gasteiger charge is 2.45. The number of carbonyl (C=O) groups is 2. The molecule has 0 saturated heterocycles. The number of ketones is 1. The molecule has 1 aromatic carbocycles. The van der Waals surface area contributed by atoms with Crippen LogP contribution in [0.3, 0.4) is 0 Å². The van der Waals surface area contributed by atoms with E-state index in [4.69, 9.17) is 14.2 Å². The highest BCUT2D eigenvalue weighted by Crippen LogP contribution is 2.46. The van der Waals surface area contributed by atoms with Crippen LogP contribution in [0.5, 0.6) is 17.2 Å². The van der Waals surface area contributed by atoms with Gasteiger partial charge in [0.25, 0.3) is 5.91 Å². The summed E-state index contributed by atoms with van der Waals surface area (Å²) in [7, 11) is 4.46. The molecule has 1 N–H and O–H groups in total. The molecule has 1 atom stereocenters. The van der Waals surface area contributed by atoms with Crippen molar-refractivity contribution >= 4 is 23.0 Å². The van der Waals surface area contributed by atoms with E-state index < -0.39 is 23.5 Å². The van der Waals surface area contributed by atoms with Gasteiger partial charge in [-0.1, -0.05) is 6.07 Å². The number of nitrogens with zero attached hydrogens (tertiary/aromatic N) is 3. The van der Waals surface area contributed by atoms with Gasteiger partial charge in [-0.15, -0.1) is 11.3 Å². The van der Waals surface area contributed by atoms with Crippen LogP contribution in [0.15, 0.2) is 48.0 Å². The first kappa shape index (κ1) is 24.2. The smallest absolute Gasteiger partial charge is 0.290 e. The van der Waals surface area contributed by atoms with Crippen LogP contribution < -0.4 is 14.2 Å². The largest absolute Gasteiger partial charge is 0.503 e. The van der Waals surface area contributed by atoms with Crippen LogP contribution in [0.1, 0.15) is 37.5 Å². The number of hydrogen-bond donors (Lipinski definition) is 1. The van der Waals surface area contributed by atoms with Gasteiger partial charge >= 0.3 is 0 Å². The van der Waals surface area contributed by atoms with Gasteiger partial charge in [-0.3, -0.25) is 14.6 Å². The molecule has 0 spiro atoms. The van der Waals surface area contributed by atoms with Gasteiger partial charge in [-0.05, 0) is 43.2 Å². The number of ether oxygens (including phenoxy) is 3. The molecule has 0 aliphatic carbocycles. The van der Waals surface area contributed by atoms with Crippen LogP contribution in [-0.2, 0) is 11.3 Å². The van der Waals surface area contributed by atoms with Crippen LogP contribution in [-0.4, -0.2) is 53.0 Å². The van der Waals surface area contributed by atoms with E-state index in [0.29, 0.717) is 38.4 Å². The number of rotatable bonds is 8. The van der Waals surface area contributed by atoms with Gasteiger partial charge in [0.15, 0.2) is 17.3 Å². The fourth-order valence-electron chi connectivity index (χ4n) is 4.21. The normalized spacial score (nSPS) is 15.5. The number of aliphatic hydroxyl groups is 1. The number of amides is 1. The van der Waals surface area contributed by atoms with E-state index in [2.05, 4.69) is 9.97 Å². The van der Waals surface area contributed by atoms with E-state index in [1.165, 1.54) is 37.6 Å². The molecule has 0 fully saturated rings. The summed E-state index contributed by atoms with van der Waals surface area (Å²) < 4.78 is 16.4. The Bertz CT molecular complexity index is 1290. The minimum absolute atomic E-state index is 0.0279. The van der Waals surface area contributed by atoms with Gasteiger partial charge in [0, 0.05) is 18.9 Å². The van der Waals surface area contributed by atoms with E-state index in [1.807, 2.05) is 6.07 Å². The van der Waals surface area contributed by atoms with Gasteiger partial charge in [0.05, 0.1) is 48.5 Å². The lowest BCUT2D eigenvalue weighted by Gasteiger charge is -2.28. The molecular formula is C25H25N3O6S. The van der Waals surface area contributed by atoms with Gasteiger partial charge < -0.3 is 24.2 Å². The lowest BCUT2D eigenvalue weighted by atomic mass is 9.94. The number of thiazole rings is 1. The maximum absolute atomic E-state index is 13.7. The molecule has 4 rings (SSSR count). The van der Waals surface area contributed by atoms with E-state index in [0.717, 1.165) is 5.56 Å². The standard InChI is InChI=1S/C25H25N3O6S/c1-13-24(35-14(2)27-13)21(29)19-20(16-9-17(32-3)23(34-5)18(10-16)33-4)28(25(31)22(19)30)12-15-7-6-8-26-11-15/h6-11,20,30H,12H2,1-5H3/t20-/m0/s1. The van der Waals surface area contributed by atoms with E-state index in [9.17, 15) is 14.7 Å². The van der Waals surface area contributed by atoms with Crippen LogP contribution in [0.25, 0.3) is 0 Å². The Balaban J connectivity index is 1.90. The number of benzene rings is 1. The summed E-state index contributed by atoms with van der Waals surface area (Å²) in [5, 5.41) is 11.7. The van der Waals surface area contributed by atoms with E-state index >= 15 is 0 Å². The SMILES string of the molecule is COc1cc([C@H]2C(C(=O)c3sc(C)nc3C)=C(O)C(=O)N2Cc2cccnc2)cc(OC)c1OC. The number of carbonyl (C=O) groups excluding carboxylic acids is 2. The number of Topliss-reactive ketones (excluding diaryl/α,β-unsaturated/α-hetero) is 1. The second kappa shape index (κ2) is 9.75. The lowest BCUT2D eigenvalue weighted by Crippen LogP contribution is -2.30. The Labute approximate surface area is 206 Å². The monoisotopic (exact) mass is 495 g/mol. The number of methoxy groups -OCH3 is 3. The van der Waals surface area contributed by atoms with Crippen molar-refractivity contribution in [3.8, 4) is 17.2 Å². The first-order chi connectivity index (χ1) is 16.8. The van der Waals surface area contributed by atoms with Crippen molar-refractivity contribution in [1.82, 2.24) is 14.9 Å². The van der Waals surface area contributed by atoms with Crippen LogP contribution in [0, 0.1) is 13.8 Å². The molecule has 10 heteroatoms. The van der Waals surface area contributed by atoms with Crippen molar-refractivity contribution in [2.45, 2.75) is 26.4 Å². The Kier molecular flexibility index (Phi) is 6.74. The summed E-state index contributed by atoms with van der Waals surface area (Å²) in [6.45, 7) is 3.65. The zero-order chi connectivity index (χ0) is 25.3. The third-order valence-corrected chi connectivity index (χ3v) is 6.81. The summed E-state index contributed by atoms with van der Waals surface area (Å²) in [4.78, 5) is 37.3. The van der Waals surface area contributed by atoms with Gasteiger partial charge in [-0.25, -0.2) is 4.98 Å². The van der Waals surface area contributed by atoms with Gasteiger partial charge in [0.2, 0.25) is 11.5 Å². The third kappa shape index (κ3) is 4.32. The maximum Gasteiger partial charge on any atom is 0.290 e. The van der Waals surface area contributed by atoms with Gasteiger partial charge in [0.1, 0.15) is 0 Å². The predicted molar refractivity (Wildman–Crippen MR) is 129 cm³/mol. The molecule has 1 aliphatic heterocycles. The number of aliphatic hydroxyl groups excluding tert-OH is 1. The molecular weight excluding hydrogens is 470 g/mol. The minimum atomic E-state index is -0.911. The molecule has 0 saturated carbocycles. The van der Waals surface area contributed by atoms with Crippen molar-refractivity contribution in [2.24, 2.45) is 0 Å². The van der Waals surface area contributed by atoms with Crippen LogP contribution in [0.2, 0.25) is 0 Å². The Hall–Kier alpha value is -3.92. The Morgan fingerprint density at radius 3 is 2.34 bits per heavy atom. The summed E-state index contributed by atoms with van der Waals surface area (Å²) in [5.74, 6) is -0.613. The van der Waals surface area contributed by atoms with Crippen molar-refractivity contribution in [2.75, 3.05) is 21.3 Å². The molecule has 35 heavy (non-hydrogen) atoms. The zero-order valence-electron chi connectivity index (χ0n) is 20.0. The van der Waals surface area contributed by atoms with Crippen molar-refractivity contribution in [1.29, 1.82) is 0 Å². The second-order valence-corrected chi connectivity index (χ2v) is 9.10. The molecule has 0 bridgehead atoms. The Morgan fingerprint density at radius 2 is 1.83 bits per heavy atom. The molecule has 9 nitrogen and oxygen atoms in total. The number of hydrogen-bond acceptors (Lipinski definition) is 9. The molecule has 1 aliphatic rings. The summed E-state index contributed by atoms with van der Waals surface area (Å²) in [6, 6.07) is 6.01. The molecule has 2 aromatic heterocycles. The summed E-state index contributed by atoms with van der Waals surface area (Å²) in [6.07, 6.45) is 3.26. The summed E-state index contributed by atoms with van der Waals surface area (Å²) >= 11 is 1.22. The molecule has 0 unspecified atom stereocenters. The molecule has 182 valence electrons. The maximum atomic E-state index is 13.7. The fraction of sp³-hybridized carbons (Fsp3) is 0.280. The second-order valence-electron chi connectivity index (χ2n) is 7.89. The highest BCUT2D eigenvalue weighted by molar-refractivity contribution is 7.14. The van der Waals surface area contributed by atoms with Crippen LogP contribution in [0.4, 0.5) is 0 Å².